The molecule has 0 spiro atoms. The molecule has 1 aromatic carbocycles. The number of nitrogens with one attached hydrogen (secondary N) is 2. The van der Waals surface area contributed by atoms with Crippen molar-refractivity contribution in [2.75, 3.05) is 23.8 Å². The van der Waals surface area contributed by atoms with Crippen LogP contribution in [0, 0.1) is 12.8 Å². The second-order valence-electron chi connectivity index (χ2n) is 8.19. The minimum absolute atomic E-state index is 0.0534. The van der Waals surface area contributed by atoms with Crippen molar-refractivity contribution < 1.29 is 18.3 Å². The summed E-state index contributed by atoms with van der Waals surface area (Å²) in [6.45, 7) is 6.70. The lowest BCUT2D eigenvalue weighted by molar-refractivity contribution is -0.145. The number of pyridine rings is 1. The summed E-state index contributed by atoms with van der Waals surface area (Å²) < 4.78 is 33.4. The molecule has 3 rings (SSSR count). The van der Waals surface area contributed by atoms with Crippen molar-refractivity contribution in [2.45, 2.75) is 45.6 Å². The van der Waals surface area contributed by atoms with Gasteiger partial charge in [0.05, 0.1) is 17.5 Å². The van der Waals surface area contributed by atoms with E-state index in [9.17, 15) is 18.4 Å². The molecule has 2 N–H and O–H groups in total. The number of hydrogen-bond acceptors (Lipinski definition) is 4. The summed E-state index contributed by atoms with van der Waals surface area (Å²) in [6, 6.07) is 7.28. The number of carbonyl (C=O) groups is 1. The summed E-state index contributed by atoms with van der Waals surface area (Å²) in [5.41, 5.74) is 3.47. The Labute approximate surface area is 180 Å². The van der Waals surface area contributed by atoms with E-state index in [1.807, 2.05) is 32.0 Å². The molecule has 1 atom stereocenters. The molecule has 8 heteroatoms. The Kier molecular flexibility index (Phi) is 6.79. The summed E-state index contributed by atoms with van der Waals surface area (Å²) in [6.07, 6.45) is 0.866. The molecule has 1 aromatic heterocycles. The van der Waals surface area contributed by atoms with Crippen LogP contribution in [0.5, 0.6) is 0 Å². The maximum Gasteiger partial charge on any atom is 0.253 e. The number of alkyl halides is 2. The highest BCUT2D eigenvalue weighted by Gasteiger charge is 2.48. The van der Waals surface area contributed by atoms with Crippen LogP contribution in [-0.4, -0.2) is 35.7 Å². The third-order valence-electron chi connectivity index (χ3n) is 5.47. The number of rotatable bonds is 8. The third kappa shape index (κ3) is 5.50. The molecule has 1 aliphatic carbocycles. The standard InChI is InChI=1S/C23H29F2N3O3/c1-5-31-15(3)12-26-20-9-16(17-8-14(2)22(30)28(4)13-17)6-7-19(20)27-21(29)18-10-23(24,25)11-18/h6-9,13,15,18,26H,5,10-12H2,1-4H3,(H,27,29)/t15-/m0/s1. The number of carbonyl (C=O) groups excluding carboxylic acids is 1. The van der Waals surface area contributed by atoms with Crippen LogP contribution in [0.4, 0.5) is 20.2 Å². The van der Waals surface area contributed by atoms with Gasteiger partial charge in [0.1, 0.15) is 0 Å². The second kappa shape index (κ2) is 9.18. The maximum absolute atomic E-state index is 13.2. The Balaban J connectivity index is 1.87. The predicted molar refractivity (Wildman–Crippen MR) is 118 cm³/mol. The minimum atomic E-state index is -2.75. The van der Waals surface area contributed by atoms with Crippen molar-refractivity contribution >= 4 is 17.3 Å². The quantitative estimate of drug-likeness (QED) is 0.655. The van der Waals surface area contributed by atoms with Crippen LogP contribution < -0.4 is 16.2 Å². The van der Waals surface area contributed by atoms with Gasteiger partial charge in [-0.25, -0.2) is 8.78 Å². The van der Waals surface area contributed by atoms with Gasteiger partial charge in [-0.1, -0.05) is 6.07 Å². The molecule has 168 valence electrons. The molecule has 1 saturated carbocycles. The van der Waals surface area contributed by atoms with Crippen molar-refractivity contribution in [3.05, 3.63) is 46.4 Å². The van der Waals surface area contributed by atoms with Gasteiger partial charge < -0.3 is 19.9 Å². The van der Waals surface area contributed by atoms with E-state index >= 15 is 0 Å². The van der Waals surface area contributed by atoms with Gasteiger partial charge in [0, 0.05) is 50.7 Å². The van der Waals surface area contributed by atoms with Crippen LogP contribution in [0.25, 0.3) is 11.1 Å². The largest absolute Gasteiger partial charge is 0.381 e. The Morgan fingerprint density at radius 2 is 1.97 bits per heavy atom. The summed E-state index contributed by atoms with van der Waals surface area (Å²) in [4.78, 5) is 24.4. The van der Waals surface area contributed by atoms with Crippen molar-refractivity contribution in [1.29, 1.82) is 0 Å². The molecule has 0 saturated heterocycles. The molecule has 31 heavy (non-hydrogen) atoms. The molecular weight excluding hydrogens is 404 g/mol. The fourth-order valence-corrected chi connectivity index (χ4v) is 3.69. The third-order valence-corrected chi connectivity index (χ3v) is 5.47. The van der Waals surface area contributed by atoms with Crippen LogP contribution in [0.3, 0.4) is 0 Å². The average molecular weight is 433 g/mol. The van der Waals surface area contributed by atoms with E-state index in [0.717, 1.165) is 11.1 Å². The van der Waals surface area contributed by atoms with Crippen LogP contribution >= 0.6 is 0 Å². The van der Waals surface area contributed by atoms with Gasteiger partial charge in [-0.05, 0) is 50.1 Å². The number of anilines is 2. The zero-order chi connectivity index (χ0) is 22.8. The Morgan fingerprint density at radius 1 is 1.26 bits per heavy atom. The molecule has 0 radical (unpaired) electrons. The molecule has 0 bridgehead atoms. The first-order valence-electron chi connectivity index (χ1n) is 10.5. The number of halogens is 2. The second-order valence-corrected chi connectivity index (χ2v) is 8.19. The Morgan fingerprint density at radius 3 is 2.58 bits per heavy atom. The van der Waals surface area contributed by atoms with Gasteiger partial charge in [-0.2, -0.15) is 0 Å². The highest BCUT2D eigenvalue weighted by molar-refractivity contribution is 5.97. The molecule has 0 unspecified atom stereocenters. The first kappa shape index (κ1) is 22.9. The summed E-state index contributed by atoms with van der Waals surface area (Å²) in [5.74, 6) is -3.84. The smallest absolute Gasteiger partial charge is 0.253 e. The predicted octanol–water partition coefficient (Wildman–Crippen LogP) is 4.18. The highest BCUT2D eigenvalue weighted by atomic mass is 19.3. The van der Waals surface area contributed by atoms with E-state index in [0.29, 0.717) is 30.1 Å². The number of amides is 1. The minimum Gasteiger partial charge on any atom is -0.381 e. The van der Waals surface area contributed by atoms with Crippen molar-refractivity contribution in [1.82, 2.24) is 4.57 Å². The van der Waals surface area contributed by atoms with Crippen LogP contribution in [0.2, 0.25) is 0 Å². The SMILES string of the molecule is CCO[C@@H](C)CNc1cc(-c2cc(C)c(=O)n(C)c2)ccc1NC(=O)C1CC(F)(F)C1. The van der Waals surface area contributed by atoms with Crippen LogP contribution in [0.1, 0.15) is 32.3 Å². The van der Waals surface area contributed by atoms with Gasteiger partial charge in [0.15, 0.2) is 0 Å². The van der Waals surface area contributed by atoms with Crippen molar-refractivity contribution in [3.8, 4) is 11.1 Å². The molecule has 1 aliphatic rings. The van der Waals surface area contributed by atoms with Crippen LogP contribution in [-0.2, 0) is 16.6 Å². The first-order valence-corrected chi connectivity index (χ1v) is 10.5. The number of benzene rings is 1. The van der Waals surface area contributed by atoms with Crippen LogP contribution in [0.15, 0.2) is 35.3 Å². The van der Waals surface area contributed by atoms with E-state index in [2.05, 4.69) is 10.6 Å². The number of aryl methyl sites for hydroxylation is 2. The highest BCUT2D eigenvalue weighted by Crippen LogP contribution is 2.43. The Hall–Kier alpha value is -2.74. The monoisotopic (exact) mass is 433 g/mol. The summed E-state index contributed by atoms with van der Waals surface area (Å²) in [5, 5.41) is 6.07. The molecule has 1 fully saturated rings. The van der Waals surface area contributed by atoms with Crippen molar-refractivity contribution in [3.63, 3.8) is 0 Å². The fraction of sp³-hybridized carbons (Fsp3) is 0.478. The lowest BCUT2D eigenvalue weighted by atomic mass is 9.80. The molecule has 6 nitrogen and oxygen atoms in total. The number of nitrogens with zero attached hydrogens (tertiary/aromatic N) is 1. The van der Waals surface area contributed by atoms with E-state index in [-0.39, 0.29) is 11.7 Å². The fourth-order valence-electron chi connectivity index (χ4n) is 3.69. The Bertz CT molecular complexity index is 985. The zero-order valence-electron chi connectivity index (χ0n) is 18.3. The molecule has 1 heterocycles. The number of aromatic nitrogens is 1. The molecular formula is C23H29F2N3O3. The topological polar surface area (TPSA) is 72.4 Å². The zero-order valence-corrected chi connectivity index (χ0v) is 18.3. The van der Waals surface area contributed by atoms with Gasteiger partial charge in [-0.15, -0.1) is 0 Å². The summed E-state index contributed by atoms with van der Waals surface area (Å²) in [7, 11) is 1.70. The molecule has 1 amide bonds. The van der Waals surface area contributed by atoms with Gasteiger partial charge in [-0.3, -0.25) is 9.59 Å². The average Bonchev–Trinajstić information content (AvgIpc) is 2.69. The van der Waals surface area contributed by atoms with Gasteiger partial charge in [0.2, 0.25) is 11.8 Å². The van der Waals surface area contributed by atoms with E-state index < -0.39 is 30.6 Å². The number of hydrogen-bond donors (Lipinski definition) is 2. The first-order chi connectivity index (χ1) is 14.6. The number of ether oxygens (including phenoxy) is 1. The normalized spacial score (nSPS) is 16.5. The van der Waals surface area contributed by atoms with E-state index in [1.54, 1.807) is 26.2 Å². The summed E-state index contributed by atoms with van der Waals surface area (Å²) >= 11 is 0. The molecule has 0 aliphatic heterocycles. The van der Waals surface area contributed by atoms with E-state index in [4.69, 9.17) is 4.74 Å². The van der Waals surface area contributed by atoms with E-state index in [1.165, 1.54) is 4.57 Å². The lowest BCUT2D eigenvalue weighted by Gasteiger charge is -2.33. The lowest BCUT2D eigenvalue weighted by Crippen LogP contribution is -2.42. The molecule has 2 aromatic rings. The van der Waals surface area contributed by atoms with Gasteiger partial charge >= 0.3 is 0 Å². The van der Waals surface area contributed by atoms with Crippen molar-refractivity contribution in [2.24, 2.45) is 13.0 Å². The van der Waals surface area contributed by atoms with Gasteiger partial charge in [0.25, 0.3) is 5.56 Å². The maximum atomic E-state index is 13.2.